The summed E-state index contributed by atoms with van der Waals surface area (Å²) < 4.78 is 147. The predicted molar refractivity (Wildman–Crippen MR) is 109 cm³/mol. The van der Waals surface area contributed by atoms with Crippen LogP contribution >= 0.6 is 10.2 Å². The standard InChI is InChI=1S/C20H14F11N3O2S/c1-19(15-12(22)7-10(21)8-13(15)23)14(9-3-5-11(6-4-9)37(27,28,29,30)31)16(35)34(2)18(33-19)32-17(36)20(24,25)26/h3-8,14H,1-2H3,(H,32,33,36)/t14-,19-/m0/s1. The molecule has 2 amide bonds. The molecule has 5 nitrogen and oxygen atoms in total. The molecule has 1 aliphatic rings. The molecule has 0 unspecified atom stereocenters. The second-order valence-corrected chi connectivity index (χ2v) is 10.6. The zero-order chi connectivity index (χ0) is 28.4. The zero-order valence-corrected chi connectivity index (χ0v) is 19.1. The molecule has 17 heteroatoms. The molecule has 1 fully saturated rings. The Balaban J connectivity index is 2.27. The van der Waals surface area contributed by atoms with Crippen LogP contribution in [0.5, 0.6) is 0 Å². The van der Waals surface area contributed by atoms with Crippen LogP contribution in [-0.2, 0) is 15.1 Å². The van der Waals surface area contributed by atoms with Gasteiger partial charge in [0.25, 0.3) is 0 Å². The molecule has 0 aliphatic carbocycles. The molecule has 1 heterocycles. The molecule has 2 atom stereocenters. The number of hydrogen-bond acceptors (Lipinski definition) is 2. The highest BCUT2D eigenvalue weighted by molar-refractivity contribution is 8.45. The highest BCUT2D eigenvalue weighted by atomic mass is 32.5. The van der Waals surface area contributed by atoms with Crippen molar-refractivity contribution < 1.29 is 55.4 Å². The predicted octanol–water partition coefficient (Wildman–Crippen LogP) is 6.27. The van der Waals surface area contributed by atoms with Gasteiger partial charge in [-0.25, -0.2) is 13.2 Å². The number of nitrogens with one attached hydrogen (secondary N) is 1. The molecule has 0 radical (unpaired) electrons. The number of likely N-dealkylation sites (N-methyl/N-ethyl adjacent to an activating group) is 1. The highest BCUT2D eigenvalue weighted by Gasteiger charge is 2.65. The molecule has 3 rings (SSSR count). The van der Waals surface area contributed by atoms with Crippen LogP contribution in [0, 0.1) is 17.5 Å². The van der Waals surface area contributed by atoms with Gasteiger partial charge in [0.2, 0.25) is 11.9 Å². The molecule has 1 aliphatic heterocycles. The van der Waals surface area contributed by atoms with Gasteiger partial charge in [-0.1, -0.05) is 31.6 Å². The lowest BCUT2D eigenvalue weighted by Gasteiger charge is -2.46. The first-order valence-electron chi connectivity index (χ1n) is 9.70. The molecular weight excluding hydrogens is 555 g/mol. The van der Waals surface area contributed by atoms with Gasteiger partial charge in [-0.2, -0.15) is 18.2 Å². The second kappa shape index (κ2) is 7.82. The smallest absolute Gasteiger partial charge is 0.345 e. The van der Waals surface area contributed by atoms with E-state index in [0.29, 0.717) is 17.0 Å². The third-order valence-electron chi connectivity index (χ3n) is 5.48. The number of carbonyl (C=O) groups is 2. The van der Waals surface area contributed by atoms with E-state index < -0.39 is 79.1 Å². The van der Waals surface area contributed by atoms with Crippen molar-refractivity contribution in [2.24, 2.45) is 4.99 Å². The summed E-state index contributed by atoms with van der Waals surface area (Å²) in [4.78, 5) is 25.2. The number of nitrogens with zero attached hydrogens (tertiary/aromatic N) is 2. The number of alkyl halides is 3. The van der Waals surface area contributed by atoms with Crippen LogP contribution in [0.15, 0.2) is 46.3 Å². The average molecular weight is 569 g/mol. The van der Waals surface area contributed by atoms with Crippen molar-refractivity contribution in [2.45, 2.75) is 29.5 Å². The Labute approximate surface area is 200 Å². The molecule has 0 bridgehead atoms. The third kappa shape index (κ3) is 5.35. The van der Waals surface area contributed by atoms with E-state index in [1.807, 2.05) is 0 Å². The minimum absolute atomic E-state index is 0.0846. The normalized spacial score (nSPS) is 23.9. The summed E-state index contributed by atoms with van der Waals surface area (Å²) in [6.07, 6.45) is -5.53. The third-order valence-corrected chi connectivity index (χ3v) is 6.64. The van der Waals surface area contributed by atoms with Crippen molar-refractivity contribution in [1.82, 2.24) is 10.2 Å². The Bertz CT molecular complexity index is 1300. The number of rotatable bonds is 3. The number of halogens is 11. The molecule has 2 aromatic rings. The number of benzene rings is 2. The van der Waals surface area contributed by atoms with E-state index in [0.717, 1.165) is 14.0 Å². The van der Waals surface area contributed by atoms with E-state index in [2.05, 4.69) is 10.3 Å². The zero-order valence-electron chi connectivity index (χ0n) is 18.3. The van der Waals surface area contributed by atoms with Crippen LogP contribution in [-0.4, -0.2) is 35.9 Å². The Kier molecular flexibility index (Phi) is 5.96. The maximum atomic E-state index is 14.8. The quantitative estimate of drug-likeness (QED) is 0.444. The van der Waals surface area contributed by atoms with Gasteiger partial charge in [0.1, 0.15) is 22.3 Å². The Morgan fingerprint density at radius 3 is 1.92 bits per heavy atom. The maximum absolute atomic E-state index is 14.8. The summed E-state index contributed by atoms with van der Waals surface area (Å²) in [5.74, 6) is -12.0. The van der Waals surface area contributed by atoms with Crippen molar-refractivity contribution in [1.29, 1.82) is 0 Å². The molecule has 37 heavy (non-hydrogen) atoms. The lowest BCUT2D eigenvalue weighted by molar-refractivity contribution is -0.169. The summed E-state index contributed by atoms with van der Waals surface area (Å²) in [5.41, 5.74) is -4.27. The fraction of sp³-hybridized carbons (Fsp3) is 0.250. The van der Waals surface area contributed by atoms with Gasteiger partial charge < -0.3 is 5.32 Å². The van der Waals surface area contributed by atoms with Crippen LogP contribution in [0.4, 0.5) is 45.8 Å². The summed E-state index contributed by atoms with van der Waals surface area (Å²) in [6, 6.07) is 0.954. The maximum Gasteiger partial charge on any atom is 0.473 e. The largest absolute Gasteiger partial charge is 0.473 e. The minimum atomic E-state index is -10.2. The first kappa shape index (κ1) is 28.2. The van der Waals surface area contributed by atoms with Crippen LogP contribution in [0.2, 0.25) is 0 Å². The molecular formula is C20H14F11N3O2S. The van der Waals surface area contributed by atoms with Crippen LogP contribution in [0.1, 0.15) is 24.0 Å². The van der Waals surface area contributed by atoms with Crippen molar-refractivity contribution in [3.05, 3.63) is 65.0 Å². The van der Waals surface area contributed by atoms with Crippen LogP contribution < -0.4 is 5.32 Å². The van der Waals surface area contributed by atoms with Crippen LogP contribution in [0.3, 0.4) is 0 Å². The van der Waals surface area contributed by atoms with E-state index in [1.54, 1.807) is 0 Å². The topological polar surface area (TPSA) is 61.8 Å². The summed E-state index contributed by atoms with van der Waals surface area (Å²) >= 11 is 0. The summed E-state index contributed by atoms with van der Waals surface area (Å²) in [5, 5.41) is 2.11. The number of aliphatic imine (C=N–C) groups is 1. The van der Waals surface area contributed by atoms with Crippen molar-refractivity contribution in [3.8, 4) is 0 Å². The van der Waals surface area contributed by atoms with Gasteiger partial charge >= 0.3 is 22.3 Å². The molecule has 2 aromatic carbocycles. The Morgan fingerprint density at radius 2 is 1.49 bits per heavy atom. The minimum Gasteiger partial charge on any atom is -0.345 e. The molecule has 1 N–H and O–H groups in total. The van der Waals surface area contributed by atoms with E-state index in [1.165, 1.54) is 0 Å². The molecule has 1 saturated heterocycles. The number of carbonyl (C=O) groups excluding carboxylic acids is 2. The van der Waals surface area contributed by atoms with E-state index in [-0.39, 0.29) is 24.3 Å². The average Bonchev–Trinajstić information content (AvgIpc) is 2.69. The van der Waals surface area contributed by atoms with Gasteiger partial charge in [-0.15, -0.1) is 0 Å². The van der Waals surface area contributed by atoms with E-state index >= 15 is 0 Å². The number of hydrogen-bond donors (Lipinski definition) is 1. The lowest BCUT2D eigenvalue weighted by Crippen LogP contribution is -2.63. The highest BCUT2D eigenvalue weighted by Crippen LogP contribution is 3.02. The fourth-order valence-electron chi connectivity index (χ4n) is 3.83. The van der Waals surface area contributed by atoms with Crippen LogP contribution in [0.25, 0.3) is 0 Å². The van der Waals surface area contributed by atoms with Gasteiger partial charge in [0.15, 0.2) is 0 Å². The first-order chi connectivity index (χ1) is 16.5. The monoisotopic (exact) mass is 569 g/mol. The van der Waals surface area contributed by atoms with Gasteiger partial charge in [0, 0.05) is 24.7 Å². The van der Waals surface area contributed by atoms with Crippen molar-refractivity contribution >= 4 is 28.0 Å². The summed E-state index contributed by atoms with van der Waals surface area (Å²) in [6.45, 7) is 0.813. The number of guanidine groups is 1. The second-order valence-electron chi connectivity index (χ2n) is 8.18. The summed E-state index contributed by atoms with van der Waals surface area (Å²) in [7, 11) is -9.38. The molecule has 0 spiro atoms. The van der Waals surface area contributed by atoms with Crippen molar-refractivity contribution in [2.75, 3.05) is 7.05 Å². The van der Waals surface area contributed by atoms with E-state index in [9.17, 15) is 55.4 Å². The molecule has 204 valence electrons. The number of amides is 2. The SMILES string of the molecule is CN1C(=O)[C@H](c2ccc(S(F)(F)(F)(F)F)cc2)[C@@](C)(c2c(F)cc(F)cc2F)N/C1=N/C(=O)C(F)(F)F. The lowest BCUT2D eigenvalue weighted by atomic mass is 9.73. The fourth-order valence-corrected chi connectivity index (χ4v) is 4.48. The molecule has 0 saturated carbocycles. The molecule has 0 aromatic heterocycles. The van der Waals surface area contributed by atoms with Gasteiger partial charge in [-0.3, -0.25) is 14.5 Å². The Morgan fingerprint density at radius 1 is 1.00 bits per heavy atom. The van der Waals surface area contributed by atoms with Gasteiger partial charge in [-0.05, 0) is 24.6 Å². The Hall–Kier alpha value is -3.37. The van der Waals surface area contributed by atoms with Crippen molar-refractivity contribution in [3.63, 3.8) is 0 Å². The first-order valence-corrected chi connectivity index (χ1v) is 11.7. The van der Waals surface area contributed by atoms with Gasteiger partial charge in [0.05, 0.1) is 11.5 Å². The van der Waals surface area contributed by atoms with E-state index in [4.69, 9.17) is 0 Å².